The molecule has 0 fully saturated rings. The molecule has 2 aromatic rings. The molecule has 0 bridgehead atoms. The molecule has 0 saturated heterocycles. The van der Waals surface area contributed by atoms with Gasteiger partial charge in [0.1, 0.15) is 11.1 Å². The maximum Gasteiger partial charge on any atom is 0.329 e. The average molecular weight is 380 g/mol. The van der Waals surface area contributed by atoms with Gasteiger partial charge in [-0.05, 0) is 56.2 Å². The van der Waals surface area contributed by atoms with E-state index < -0.39 is 11.8 Å². The summed E-state index contributed by atoms with van der Waals surface area (Å²) >= 11 is 1.38. The third-order valence-corrected chi connectivity index (χ3v) is 5.72. The highest BCUT2D eigenvalue weighted by Gasteiger charge is 2.23. The fourth-order valence-corrected chi connectivity index (χ4v) is 4.35. The number of amides is 2. The van der Waals surface area contributed by atoms with E-state index in [9.17, 15) is 14.9 Å². The Morgan fingerprint density at radius 1 is 1.22 bits per heavy atom. The lowest BCUT2D eigenvalue weighted by Gasteiger charge is -2.09. The minimum atomic E-state index is -0.869. The van der Waals surface area contributed by atoms with Gasteiger partial charge in [-0.2, -0.15) is 10.4 Å². The zero-order chi connectivity index (χ0) is 19.4. The average Bonchev–Trinajstić information content (AvgIpc) is 3.00. The summed E-state index contributed by atoms with van der Waals surface area (Å²) in [6.45, 7) is 3.95. The smallest absolute Gasteiger partial charge is 0.308 e. The topological polar surface area (TPSA) is 94.3 Å². The number of nitrogens with zero attached hydrogens (tertiary/aromatic N) is 2. The molecule has 0 atom stereocenters. The van der Waals surface area contributed by atoms with E-state index >= 15 is 0 Å². The Morgan fingerprint density at radius 2 is 2.00 bits per heavy atom. The molecule has 1 aliphatic rings. The number of fused-ring (bicyclic) bond motifs is 1. The van der Waals surface area contributed by atoms with E-state index in [0.717, 1.165) is 52.8 Å². The van der Waals surface area contributed by atoms with Crippen LogP contribution in [0.5, 0.6) is 0 Å². The molecule has 138 valence electrons. The van der Waals surface area contributed by atoms with E-state index in [1.165, 1.54) is 17.6 Å². The van der Waals surface area contributed by atoms with Gasteiger partial charge in [0, 0.05) is 4.88 Å². The Balaban J connectivity index is 1.65. The highest BCUT2D eigenvalue weighted by atomic mass is 32.1. The summed E-state index contributed by atoms with van der Waals surface area (Å²) in [4.78, 5) is 25.3. The lowest BCUT2D eigenvalue weighted by Crippen LogP contribution is -2.32. The summed E-state index contributed by atoms with van der Waals surface area (Å²) in [5.74, 6) is -1.70. The molecular weight excluding hydrogens is 360 g/mol. The van der Waals surface area contributed by atoms with E-state index in [-0.39, 0.29) is 0 Å². The second kappa shape index (κ2) is 8.14. The third-order valence-electron chi connectivity index (χ3n) is 4.51. The number of anilines is 1. The Hall–Kier alpha value is -2.98. The molecule has 1 heterocycles. The van der Waals surface area contributed by atoms with Gasteiger partial charge in [0.2, 0.25) is 0 Å². The molecule has 0 spiro atoms. The highest BCUT2D eigenvalue weighted by molar-refractivity contribution is 7.16. The summed E-state index contributed by atoms with van der Waals surface area (Å²) < 4.78 is 0. The molecule has 1 aromatic heterocycles. The first-order valence-corrected chi connectivity index (χ1v) is 9.57. The number of carbonyl (C=O) groups is 2. The minimum Gasteiger partial charge on any atom is -0.308 e. The lowest BCUT2D eigenvalue weighted by molar-refractivity contribution is -0.136. The molecule has 7 heteroatoms. The van der Waals surface area contributed by atoms with Crippen molar-refractivity contribution in [3.8, 4) is 6.07 Å². The van der Waals surface area contributed by atoms with Crippen LogP contribution >= 0.6 is 11.3 Å². The fourth-order valence-electron chi connectivity index (χ4n) is 3.11. The van der Waals surface area contributed by atoms with Crippen LogP contribution in [0.25, 0.3) is 0 Å². The van der Waals surface area contributed by atoms with E-state index in [2.05, 4.69) is 21.9 Å². The van der Waals surface area contributed by atoms with Gasteiger partial charge < -0.3 is 5.32 Å². The zero-order valence-electron chi connectivity index (χ0n) is 15.3. The molecule has 1 aliphatic carbocycles. The predicted molar refractivity (Wildman–Crippen MR) is 106 cm³/mol. The Bertz CT molecular complexity index is 969. The summed E-state index contributed by atoms with van der Waals surface area (Å²) in [5.41, 5.74) is 6.75. The van der Waals surface area contributed by atoms with Crippen LogP contribution in [-0.2, 0) is 22.4 Å². The van der Waals surface area contributed by atoms with Gasteiger partial charge >= 0.3 is 11.8 Å². The molecule has 0 saturated carbocycles. The van der Waals surface area contributed by atoms with Gasteiger partial charge in [-0.15, -0.1) is 11.3 Å². The molecule has 0 radical (unpaired) electrons. The van der Waals surface area contributed by atoms with Crippen molar-refractivity contribution in [2.45, 2.75) is 39.5 Å². The fraction of sp³-hybridized carbons (Fsp3) is 0.300. The van der Waals surface area contributed by atoms with Gasteiger partial charge in [0.25, 0.3) is 0 Å². The first kappa shape index (κ1) is 18.8. The van der Waals surface area contributed by atoms with E-state index in [1.54, 1.807) is 0 Å². The van der Waals surface area contributed by atoms with E-state index in [1.807, 2.05) is 32.0 Å². The molecule has 27 heavy (non-hydrogen) atoms. The Kier molecular flexibility index (Phi) is 5.67. The minimum absolute atomic E-state index is 0.447. The van der Waals surface area contributed by atoms with Crippen molar-refractivity contribution in [2.75, 3.05) is 5.32 Å². The van der Waals surface area contributed by atoms with Crippen molar-refractivity contribution in [3.63, 3.8) is 0 Å². The molecule has 0 aliphatic heterocycles. The van der Waals surface area contributed by atoms with Gasteiger partial charge in [0.15, 0.2) is 0 Å². The van der Waals surface area contributed by atoms with Crippen LogP contribution in [0.1, 0.15) is 45.5 Å². The van der Waals surface area contributed by atoms with Crippen molar-refractivity contribution in [3.05, 3.63) is 50.9 Å². The SMILES string of the molecule is Cc1ccc(/C=N/NC(=O)C(=O)Nc2sc3c(c2C#N)CCCC3)c(C)c1. The largest absolute Gasteiger partial charge is 0.329 e. The number of carbonyl (C=O) groups excluding carboxylic acids is 2. The molecule has 3 rings (SSSR count). The number of thiophene rings is 1. The number of rotatable bonds is 3. The number of hydrogen-bond donors (Lipinski definition) is 2. The second-order valence-electron chi connectivity index (χ2n) is 6.54. The second-order valence-corrected chi connectivity index (χ2v) is 7.65. The van der Waals surface area contributed by atoms with Crippen molar-refractivity contribution >= 4 is 34.4 Å². The quantitative estimate of drug-likeness (QED) is 0.486. The van der Waals surface area contributed by atoms with Crippen LogP contribution < -0.4 is 10.7 Å². The van der Waals surface area contributed by atoms with Crippen molar-refractivity contribution in [2.24, 2.45) is 5.10 Å². The summed E-state index contributed by atoms with van der Waals surface area (Å²) in [6, 6.07) is 8.02. The number of nitriles is 1. The van der Waals surface area contributed by atoms with E-state index in [4.69, 9.17) is 0 Å². The molecule has 2 amide bonds. The summed E-state index contributed by atoms with van der Waals surface area (Å²) in [6.07, 6.45) is 5.39. The summed E-state index contributed by atoms with van der Waals surface area (Å²) in [7, 11) is 0. The van der Waals surface area contributed by atoms with Crippen LogP contribution in [-0.4, -0.2) is 18.0 Å². The monoisotopic (exact) mass is 380 g/mol. The van der Waals surface area contributed by atoms with Crippen LogP contribution in [0.4, 0.5) is 5.00 Å². The van der Waals surface area contributed by atoms with Crippen LogP contribution in [0.3, 0.4) is 0 Å². The zero-order valence-corrected chi connectivity index (χ0v) is 16.1. The van der Waals surface area contributed by atoms with Gasteiger partial charge in [-0.3, -0.25) is 9.59 Å². The number of nitrogens with one attached hydrogen (secondary N) is 2. The number of benzene rings is 1. The first-order valence-electron chi connectivity index (χ1n) is 8.76. The first-order chi connectivity index (χ1) is 13.0. The van der Waals surface area contributed by atoms with Crippen molar-refractivity contribution in [1.82, 2.24) is 5.43 Å². The maximum atomic E-state index is 12.1. The van der Waals surface area contributed by atoms with Crippen LogP contribution in [0.2, 0.25) is 0 Å². The molecule has 2 N–H and O–H groups in total. The van der Waals surface area contributed by atoms with Crippen molar-refractivity contribution in [1.29, 1.82) is 5.26 Å². The lowest BCUT2D eigenvalue weighted by atomic mass is 9.96. The normalized spacial score (nSPS) is 13.1. The highest BCUT2D eigenvalue weighted by Crippen LogP contribution is 2.37. The van der Waals surface area contributed by atoms with Gasteiger partial charge in [-0.25, -0.2) is 5.43 Å². The summed E-state index contributed by atoms with van der Waals surface area (Å²) in [5, 5.41) is 16.3. The number of hydrazone groups is 1. The Labute approximate surface area is 161 Å². The Morgan fingerprint density at radius 3 is 2.74 bits per heavy atom. The molecule has 0 unspecified atom stereocenters. The van der Waals surface area contributed by atoms with Crippen molar-refractivity contribution < 1.29 is 9.59 Å². The standard InChI is InChI=1S/C20H20N4O2S/c1-12-7-8-14(13(2)9-12)11-22-24-19(26)18(25)23-20-16(10-21)15-5-3-4-6-17(15)27-20/h7-9,11H,3-6H2,1-2H3,(H,23,25)(H,24,26)/b22-11+. The predicted octanol–water partition coefficient (Wildman–Crippen LogP) is 3.20. The third kappa shape index (κ3) is 4.23. The maximum absolute atomic E-state index is 12.1. The molecule has 1 aromatic carbocycles. The van der Waals surface area contributed by atoms with Crippen LogP contribution in [0.15, 0.2) is 23.3 Å². The van der Waals surface area contributed by atoms with Gasteiger partial charge in [-0.1, -0.05) is 23.8 Å². The molecular formula is C20H20N4O2S. The van der Waals surface area contributed by atoms with Gasteiger partial charge in [0.05, 0.1) is 11.8 Å². The van der Waals surface area contributed by atoms with E-state index in [0.29, 0.717) is 10.6 Å². The number of aryl methyl sites for hydroxylation is 3. The molecule has 6 nitrogen and oxygen atoms in total. The number of hydrogen-bond acceptors (Lipinski definition) is 5. The van der Waals surface area contributed by atoms with Crippen LogP contribution in [0, 0.1) is 25.2 Å².